The molecule has 0 aromatic heterocycles. The zero-order chi connectivity index (χ0) is 30.0. The maximum absolute atomic E-state index is 10.1. The van der Waals surface area contributed by atoms with Crippen LogP contribution in [0.4, 0.5) is 0 Å². The van der Waals surface area contributed by atoms with Gasteiger partial charge in [-0.15, -0.1) is 0 Å². The summed E-state index contributed by atoms with van der Waals surface area (Å²) >= 11 is 0. The quantitative estimate of drug-likeness (QED) is 0.174. The molecule has 7 rings (SSSR count). The molecule has 3 nitrogen and oxygen atoms in total. The molecule has 0 atom stereocenters. The van der Waals surface area contributed by atoms with Crippen molar-refractivity contribution in [2.45, 2.75) is 46.5 Å². The smallest absolute Gasteiger partial charge is 0.123 e. The fourth-order valence-electron chi connectivity index (χ4n) is 6.89. The lowest BCUT2D eigenvalue weighted by Gasteiger charge is -2.18. The molecule has 7 aromatic carbocycles. The first kappa shape index (κ1) is 27.9. The second kappa shape index (κ2) is 12.0. The van der Waals surface area contributed by atoms with Crippen LogP contribution in [0.1, 0.15) is 41.7 Å². The maximum atomic E-state index is 10.1. The molecule has 0 saturated heterocycles. The summed E-state index contributed by atoms with van der Waals surface area (Å²) in [5.41, 5.74) is 5.82. The van der Waals surface area contributed by atoms with Crippen molar-refractivity contribution in [2.24, 2.45) is 0 Å². The van der Waals surface area contributed by atoms with E-state index >= 15 is 0 Å². The van der Waals surface area contributed by atoms with E-state index in [1.807, 2.05) is 18.2 Å². The van der Waals surface area contributed by atoms with Crippen LogP contribution in [0.3, 0.4) is 0 Å². The number of aliphatic hydroxyl groups excluding tert-OH is 1. The summed E-state index contributed by atoms with van der Waals surface area (Å²) in [6, 6.07) is 40.2. The summed E-state index contributed by atoms with van der Waals surface area (Å²) in [5.74, 6) is 1.35. The van der Waals surface area contributed by atoms with Gasteiger partial charge in [0.15, 0.2) is 0 Å². The van der Waals surface area contributed by atoms with Crippen molar-refractivity contribution in [3.8, 4) is 11.5 Å². The Balaban J connectivity index is 1.23. The van der Waals surface area contributed by atoms with Gasteiger partial charge >= 0.3 is 0 Å². The van der Waals surface area contributed by atoms with E-state index in [1.54, 1.807) is 0 Å². The molecule has 7 aromatic rings. The molecule has 218 valence electrons. The van der Waals surface area contributed by atoms with E-state index in [4.69, 9.17) is 9.47 Å². The SMILES string of the molecule is CCc1c2ccccc2c(COc2cc(CO)cc(OCc3c4ccccc4c(CC)c4ccccc34)c2)c2ccccc12. The van der Waals surface area contributed by atoms with Crippen molar-refractivity contribution in [1.82, 2.24) is 0 Å². The minimum atomic E-state index is -0.0956. The third-order valence-electron chi connectivity index (χ3n) is 8.91. The van der Waals surface area contributed by atoms with Gasteiger partial charge in [-0.1, -0.05) is 111 Å². The molecular weight excluding hydrogens is 540 g/mol. The fraction of sp³-hybridized carbons (Fsp3) is 0.171. The first-order valence-corrected chi connectivity index (χ1v) is 15.5. The molecule has 0 aliphatic heterocycles. The summed E-state index contributed by atoms with van der Waals surface area (Å²) in [6.07, 6.45) is 1.93. The Hall–Kier alpha value is -4.86. The Morgan fingerprint density at radius 2 is 0.727 bits per heavy atom. The Kier molecular flexibility index (Phi) is 7.64. The van der Waals surface area contributed by atoms with E-state index < -0.39 is 0 Å². The van der Waals surface area contributed by atoms with Crippen LogP contribution in [0, 0.1) is 0 Å². The third kappa shape index (κ3) is 4.94. The molecule has 0 radical (unpaired) electrons. The highest BCUT2D eigenvalue weighted by Gasteiger charge is 2.15. The summed E-state index contributed by atoms with van der Waals surface area (Å²) in [5, 5.41) is 20.1. The van der Waals surface area contributed by atoms with E-state index in [-0.39, 0.29) is 6.61 Å². The largest absolute Gasteiger partial charge is 0.489 e. The number of rotatable bonds is 9. The summed E-state index contributed by atoms with van der Waals surface area (Å²) in [6.45, 7) is 5.16. The van der Waals surface area contributed by atoms with Crippen LogP contribution < -0.4 is 9.47 Å². The molecule has 0 heterocycles. The van der Waals surface area contributed by atoms with Gasteiger partial charge in [0.05, 0.1) is 6.61 Å². The molecule has 0 fully saturated rings. The number of benzene rings is 7. The first-order valence-electron chi connectivity index (χ1n) is 15.5. The van der Waals surface area contributed by atoms with E-state index in [9.17, 15) is 5.11 Å². The highest BCUT2D eigenvalue weighted by molar-refractivity contribution is 6.06. The molecule has 0 aliphatic carbocycles. The Labute approximate surface area is 258 Å². The van der Waals surface area contributed by atoms with E-state index in [1.165, 1.54) is 65.3 Å². The highest BCUT2D eigenvalue weighted by atomic mass is 16.5. The Bertz CT molecular complexity index is 1880. The summed E-state index contributed by atoms with van der Waals surface area (Å²) in [4.78, 5) is 0. The molecule has 1 N–H and O–H groups in total. The lowest BCUT2D eigenvalue weighted by molar-refractivity contribution is 0.271. The topological polar surface area (TPSA) is 38.7 Å². The lowest BCUT2D eigenvalue weighted by atomic mass is 9.91. The van der Waals surface area contributed by atoms with E-state index in [0.29, 0.717) is 24.7 Å². The minimum Gasteiger partial charge on any atom is -0.489 e. The molecule has 0 unspecified atom stereocenters. The van der Waals surface area contributed by atoms with Crippen LogP contribution in [-0.4, -0.2) is 5.11 Å². The average molecular weight is 577 g/mol. The molecule has 0 amide bonds. The average Bonchev–Trinajstić information content (AvgIpc) is 3.08. The van der Waals surface area contributed by atoms with Crippen LogP contribution in [0.5, 0.6) is 11.5 Å². The van der Waals surface area contributed by atoms with Crippen LogP contribution in [-0.2, 0) is 32.7 Å². The van der Waals surface area contributed by atoms with Crippen molar-refractivity contribution in [3.63, 3.8) is 0 Å². The Morgan fingerprint density at radius 3 is 1.00 bits per heavy atom. The number of hydrogen-bond donors (Lipinski definition) is 1. The van der Waals surface area contributed by atoms with Crippen molar-refractivity contribution < 1.29 is 14.6 Å². The number of ether oxygens (including phenoxy) is 2. The highest BCUT2D eigenvalue weighted by Crippen LogP contribution is 2.36. The predicted molar refractivity (Wildman–Crippen MR) is 183 cm³/mol. The van der Waals surface area contributed by atoms with Crippen molar-refractivity contribution in [3.05, 3.63) is 143 Å². The van der Waals surface area contributed by atoms with Gasteiger partial charge in [-0.2, -0.15) is 0 Å². The molecule has 0 saturated carbocycles. The van der Waals surface area contributed by atoms with Gasteiger partial charge in [0, 0.05) is 17.2 Å². The van der Waals surface area contributed by atoms with Gasteiger partial charge in [-0.25, -0.2) is 0 Å². The molecule has 3 heteroatoms. The van der Waals surface area contributed by atoms with Crippen LogP contribution >= 0.6 is 0 Å². The second-order valence-corrected chi connectivity index (χ2v) is 11.4. The lowest BCUT2D eigenvalue weighted by Crippen LogP contribution is -2.03. The number of aliphatic hydroxyl groups is 1. The van der Waals surface area contributed by atoms with Crippen LogP contribution in [0.15, 0.2) is 115 Å². The minimum absolute atomic E-state index is 0.0956. The molecule has 0 aliphatic rings. The second-order valence-electron chi connectivity index (χ2n) is 11.4. The molecular formula is C41H36O3. The number of fused-ring (bicyclic) bond motifs is 4. The standard InChI is InChI=1S/C41H36O3/c1-3-30-32-13-5-9-17-36(32)40(37-18-10-6-14-33(30)37)25-43-28-21-27(24-42)22-29(23-28)44-26-41-38-19-11-7-15-34(38)31(4-2)35-16-8-12-20-39(35)41/h5-23,42H,3-4,24-26H2,1-2H3. The van der Waals surface area contributed by atoms with Gasteiger partial charge in [0.2, 0.25) is 0 Å². The van der Waals surface area contributed by atoms with E-state index in [2.05, 4.69) is 111 Å². The first-order chi connectivity index (χ1) is 21.7. The van der Waals surface area contributed by atoms with Crippen LogP contribution in [0.25, 0.3) is 43.1 Å². The number of hydrogen-bond acceptors (Lipinski definition) is 3. The molecule has 44 heavy (non-hydrogen) atoms. The molecule has 0 spiro atoms. The van der Waals surface area contributed by atoms with Gasteiger partial charge < -0.3 is 14.6 Å². The fourth-order valence-corrected chi connectivity index (χ4v) is 6.89. The maximum Gasteiger partial charge on any atom is 0.123 e. The monoisotopic (exact) mass is 576 g/mol. The normalized spacial score (nSPS) is 11.5. The summed E-state index contributed by atoms with van der Waals surface area (Å²) < 4.78 is 13.0. The van der Waals surface area contributed by atoms with Crippen molar-refractivity contribution >= 4 is 43.1 Å². The van der Waals surface area contributed by atoms with Gasteiger partial charge in [0.1, 0.15) is 24.7 Å². The van der Waals surface area contributed by atoms with Gasteiger partial charge in [0.25, 0.3) is 0 Å². The predicted octanol–water partition coefficient (Wildman–Crippen LogP) is 10.1. The van der Waals surface area contributed by atoms with E-state index in [0.717, 1.165) is 18.4 Å². The van der Waals surface area contributed by atoms with Crippen molar-refractivity contribution in [2.75, 3.05) is 0 Å². The molecule has 0 bridgehead atoms. The van der Waals surface area contributed by atoms with Gasteiger partial charge in [-0.3, -0.25) is 0 Å². The van der Waals surface area contributed by atoms with Crippen molar-refractivity contribution in [1.29, 1.82) is 0 Å². The zero-order valence-electron chi connectivity index (χ0n) is 25.3. The number of aryl methyl sites for hydroxylation is 2. The van der Waals surface area contributed by atoms with Crippen LogP contribution in [0.2, 0.25) is 0 Å². The zero-order valence-corrected chi connectivity index (χ0v) is 25.3. The Morgan fingerprint density at radius 1 is 0.432 bits per heavy atom. The van der Waals surface area contributed by atoms with Gasteiger partial charge in [-0.05, 0) is 84.8 Å². The summed E-state index contributed by atoms with van der Waals surface area (Å²) in [7, 11) is 0. The third-order valence-corrected chi connectivity index (χ3v) is 8.91.